The van der Waals surface area contributed by atoms with Crippen LogP contribution in [0.25, 0.3) is 0 Å². The predicted octanol–water partition coefficient (Wildman–Crippen LogP) is 8.98. The Balaban J connectivity index is 1.45. The number of ether oxygens (including phenoxy) is 1. The minimum absolute atomic E-state index is 0.00769. The standard InChI is InChI=1S/C43H57N3O4Si/c1-31-18-19-36(22-32(31)2)27-44-41(48)24-34-16-13-17-35(23-34)26-43(6,7)46-28-40(50-51(8,9)42(3,4)5)37-20-21-39(38(25-37)45-30-47)49-29-33-14-11-10-12-15-33/h10-23,25,30,40,46H,24,26-29H2,1-9H3,(H,44,48)(H,45,47)/t40-/m0/s1. The molecule has 0 fully saturated rings. The van der Waals surface area contributed by atoms with Gasteiger partial charge in [0.15, 0.2) is 8.32 Å². The number of nitrogens with one attached hydrogen (secondary N) is 3. The molecule has 0 aliphatic carbocycles. The summed E-state index contributed by atoms with van der Waals surface area (Å²) in [5, 5.41) is 9.73. The van der Waals surface area contributed by atoms with Crippen molar-refractivity contribution >= 4 is 26.3 Å². The van der Waals surface area contributed by atoms with Crippen LogP contribution >= 0.6 is 0 Å². The van der Waals surface area contributed by atoms with Gasteiger partial charge in [-0.1, -0.05) is 99.6 Å². The first-order valence-corrected chi connectivity index (χ1v) is 20.8. The topological polar surface area (TPSA) is 88.7 Å². The summed E-state index contributed by atoms with van der Waals surface area (Å²) in [5.41, 5.74) is 8.07. The molecule has 0 aliphatic heterocycles. The number of rotatable bonds is 17. The van der Waals surface area contributed by atoms with Gasteiger partial charge >= 0.3 is 0 Å². The molecule has 4 aromatic rings. The molecule has 0 heterocycles. The number of hydrogen-bond acceptors (Lipinski definition) is 5. The molecule has 0 bridgehead atoms. The van der Waals surface area contributed by atoms with Crippen molar-refractivity contribution < 1.29 is 18.8 Å². The average Bonchev–Trinajstić information content (AvgIpc) is 3.06. The van der Waals surface area contributed by atoms with Gasteiger partial charge in [0.25, 0.3) is 0 Å². The lowest BCUT2D eigenvalue weighted by Gasteiger charge is -2.40. The lowest BCUT2D eigenvalue weighted by atomic mass is 9.93. The van der Waals surface area contributed by atoms with Crippen LogP contribution in [0.1, 0.15) is 79.7 Å². The second-order valence-electron chi connectivity index (χ2n) is 15.8. The van der Waals surface area contributed by atoms with E-state index in [0.29, 0.717) is 44.0 Å². The van der Waals surface area contributed by atoms with Crippen molar-refractivity contribution in [2.75, 3.05) is 11.9 Å². The summed E-state index contributed by atoms with van der Waals surface area (Å²) in [4.78, 5) is 24.5. The number of carbonyl (C=O) groups is 2. The van der Waals surface area contributed by atoms with Crippen LogP contribution in [0.3, 0.4) is 0 Å². The molecule has 0 aromatic heterocycles. The Labute approximate surface area is 306 Å². The summed E-state index contributed by atoms with van der Waals surface area (Å²) >= 11 is 0. The van der Waals surface area contributed by atoms with Crippen LogP contribution in [-0.4, -0.2) is 32.7 Å². The molecule has 0 saturated carbocycles. The van der Waals surface area contributed by atoms with Crippen LogP contribution in [-0.2, 0) is 40.0 Å². The summed E-state index contributed by atoms with van der Waals surface area (Å²) in [5.74, 6) is 0.612. The monoisotopic (exact) mass is 707 g/mol. The maximum atomic E-state index is 12.9. The van der Waals surface area contributed by atoms with Gasteiger partial charge < -0.3 is 25.1 Å². The highest BCUT2D eigenvalue weighted by Gasteiger charge is 2.40. The maximum Gasteiger partial charge on any atom is 0.224 e. The molecule has 7 nitrogen and oxygen atoms in total. The van der Waals surface area contributed by atoms with Crippen LogP contribution in [0, 0.1) is 13.8 Å². The minimum Gasteiger partial charge on any atom is -0.487 e. The van der Waals surface area contributed by atoms with E-state index in [-0.39, 0.29) is 22.6 Å². The van der Waals surface area contributed by atoms with Gasteiger partial charge in [-0.25, -0.2) is 0 Å². The summed E-state index contributed by atoms with van der Waals surface area (Å²) in [6.45, 7) is 21.3. The SMILES string of the molecule is Cc1ccc(CNC(=O)Cc2cccc(CC(C)(C)NC[C@H](O[Si](C)(C)C(C)(C)C)c3ccc(OCc4ccccc4)c(NC=O)c3)c2)cc1C. The van der Waals surface area contributed by atoms with E-state index in [1.807, 2.05) is 60.7 Å². The average molecular weight is 708 g/mol. The molecule has 4 aromatic carbocycles. The molecule has 272 valence electrons. The summed E-state index contributed by atoms with van der Waals surface area (Å²) in [6, 6.07) is 30.5. The Hall–Kier alpha value is -4.24. The summed E-state index contributed by atoms with van der Waals surface area (Å²) < 4.78 is 13.2. The fourth-order valence-electron chi connectivity index (χ4n) is 5.70. The lowest BCUT2D eigenvalue weighted by molar-refractivity contribution is -0.120. The van der Waals surface area contributed by atoms with E-state index in [4.69, 9.17) is 9.16 Å². The van der Waals surface area contributed by atoms with Gasteiger partial charge in [-0.2, -0.15) is 0 Å². The van der Waals surface area contributed by atoms with E-state index in [2.05, 4.69) is 108 Å². The highest BCUT2D eigenvalue weighted by atomic mass is 28.4. The van der Waals surface area contributed by atoms with E-state index in [1.165, 1.54) is 11.1 Å². The molecule has 0 aliphatic rings. The fourth-order valence-corrected chi connectivity index (χ4v) is 6.98. The van der Waals surface area contributed by atoms with Gasteiger partial charge in [0.05, 0.1) is 18.2 Å². The zero-order valence-corrected chi connectivity index (χ0v) is 33.0. The van der Waals surface area contributed by atoms with Crippen molar-refractivity contribution in [3.63, 3.8) is 0 Å². The minimum atomic E-state index is -2.19. The van der Waals surface area contributed by atoms with Gasteiger partial charge in [0, 0.05) is 18.6 Å². The van der Waals surface area contributed by atoms with E-state index in [9.17, 15) is 9.59 Å². The summed E-state index contributed by atoms with van der Waals surface area (Å²) in [6.07, 6.45) is 1.52. The number of aryl methyl sites for hydroxylation is 2. The van der Waals surface area contributed by atoms with Gasteiger partial charge in [-0.05, 0) is 103 Å². The lowest BCUT2D eigenvalue weighted by Crippen LogP contribution is -2.47. The molecule has 4 rings (SSSR count). The second kappa shape index (κ2) is 17.3. The van der Waals surface area contributed by atoms with E-state index < -0.39 is 8.32 Å². The molecule has 51 heavy (non-hydrogen) atoms. The normalized spacial score (nSPS) is 12.6. The number of anilines is 1. The van der Waals surface area contributed by atoms with E-state index in [1.54, 1.807) is 0 Å². The Morgan fingerprint density at radius 1 is 0.804 bits per heavy atom. The molecule has 3 N–H and O–H groups in total. The van der Waals surface area contributed by atoms with E-state index >= 15 is 0 Å². The number of hydrogen-bond donors (Lipinski definition) is 3. The largest absolute Gasteiger partial charge is 0.487 e. The zero-order chi connectivity index (χ0) is 37.2. The molecule has 8 heteroatoms. The number of carbonyl (C=O) groups excluding carboxylic acids is 2. The van der Waals surface area contributed by atoms with Crippen molar-refractivity contribution in [2.24, 2.45) is 0 Å². The number of benzene rings is 4. The van der Waals surface area contributed by atoms with Gasteiger partial charge in [0.2, 0.25) is 12.3 Å². The van der Waals surface area contributed by atoms with Crippen molar-refractivity contribution in [3.05, 3.63) is 130 Å². The highest BCUT2D eigenvalue weighted by Crippen LogP contribution is 2.40. The van der Waals surface area contributed by atoms with Crippen LogP contribution in [0.2, 0.25) is 18.1 Å². The summed E-state index contributed by atoms with van der Waals surface area (Å²) in [7, 11) is -2.19. The van der Waals surface area contributed by atoms with Crippen LogP contribution < -0.4 is 20.7 Å². The van der Waals surface area contributed by atoms with Crippen LogP contribution in [0.15, 0.2) is 91.0 Å². The third-order valence-electron chi connectivity index (χ3n) is 9.90. The van der Waals surface area contributed by atoms with Crippen molar-refractivity contribution in [2.45, 2.75) is 104 Å². The van der Waals surface area contributed by atoms with Crippen molar-refractivity contribution in [1.29, 1.82) is 0 Å². The highest BCUT2D eigenvalue weighted by molar-refractivity contribution is 6.74. The predicted molar refractivity (Wildman–Crippen MR) is 212 cm³/mol. The molecule has 1 atom stereocenters. The van der Waals surface area contributed by atoms with Crippen molar-refractivity contribution in [3.8, 4) is 5.75 Å². The molecule has 2 amide bonds. The smallest absolute Gasteiger partial charge is 0.224 e. The molecule has 0 unspecified atom stereocenters. The van der Waals surface area contributed by atoms with Gasteiger partial charge in [-0.15, -0.1) is 0 Å². The zero-order valence-electron chi connectivity index (χ0n) is 32.0. The first-order chi connectivity index (χ1) is 24.0. The number of amides is 2. The van der Waals surface area contributed by atoms with Crippen LogP contribution in [0.5, 0.6) is 5.75 Å². The van der Waals surface area contributed by atoms with E-state index in [0.717, 1.165) is 34.2 Å². The molecule has 0 radical (unpaired) electrons. The van der Waals surface area contributed by atoms with Gasteiger partial charge in [-0.3, -0.25) is 9.59 Å². The molecular formula is C43H57N3O4Si. The Kier molecular flexibility index (Phi) is 13.4. The molecular weight excluding hydrogens is 651 g/mol. The Bertz CT molecular complexity index is 1770. The first kappa shape index (κ1) is 39.5. The van der Waals surface area contributed by atoms with Gasteiger partial charge in [0.1, 0.15) is 12.4 Å². The Morgan fingerprint density at radius 3 is 2.20 bits per heavy atom. The third-order valence-corrected chi connectivity index (χ3v) is 14.4. The Morgan fingerprint density at radius 2 is 1.51 bits per heavy atom. The first-order valence-electron chi connectivity index (χ1n) is 17.9. The quantitative estimate of drug-likeness (QED) is 0.0754. The molecule has 0 spiro atoms. The maximum absolute atomic E-state index is 12.9. The fraction of sp³-hybridized carbons (Fsp3) is 0.395. The third kappa shape index (κ3) is 11.9. The second-order valence-corrected chi connectivity index (χ2v) is 20.5. The molecule has 0 saturated heterocycles. The van der Waals surface area contributed by atoms with Crippen LogP contribution in [0.4, 0.5) is 5.69 Å². The van der Waals surface area contributed by atoms with Crippen molar-refractivity contribution in [1.82, 2.24) is 10.6 Å².